The van der Waals surface area contributed by atoms with E-state index in [1.807, 2.05) is 0 Å². The summed E-state index contributed by atoms with van der Waals surface area (Å²) in [6.45, 7) is 1.74. The molecule has 1 atom stereocenters. The molecule has 3 rings (SSSR count). The number of piperidine rings is 1. The summed E-state index contributed by atoms with van der Waals surface area (Å²) in [7, 11) is 0. The molecule has 0 aliphatic carbocycles. The Morgan fingerprint density at radius 2 is 2.05 bits per heavy atom. The summed E-state index contributed by atoms with van der Waals surface area (Å²) >= 11 is 0. The standard InChI is InChI=1S/C14H14FN3O3/c1-14(3-2-11(19)17-13(14)21)18-6-9-8(12(18)20)4-7(15)5-10(9)16/h4-5H,2-3,6,16H2,1H3,(H,17,19,21)/t14-/m0/s1. The second-order valence-electron chi connectivity index (χ2n) is 5.56. The van der Waals surface area contributed by atoms with E-state index in [1.54, 1.807) is 6.92 Å². The zero-order valence-electron chi connectivity index (χ0n) is 11.4. The normalized spacial score (nSPS) is 25.0. The molecule has 0 radical (unpaired) electrons. The minimum Gasteiger partial charge on any atom is -0.398 e. The highest BCUT2D eigenvalue weighted by Gasteiger charge is 2.48. The van der Waals surface area contributed by atoms with Gasteiger partial charge in [0, 0.05) is 29.8 Å². The first-order valence-corrected chi connectivity index (χ1v) is 6.57. The van der Waals surface area contributed by atoms with E-state index in [-0.39, 0.29) is 36.5 Å². The summed E-state index contributed by atoms with van der Waals surface area (Å²) in [4.78, 5) is 37.2. The first-order chi connectivity index (χ1) is 9.83. The first-order valence-electron chi connectivity index (χ1n) is 6.57. The molecule has 7 heteroatoms. The number of fused-ring (bicyclic) bond motifs is 1. The molecule has 1 saturated heterocycles. The van der Waals surface area contributed by atoms with Gasteiger partial charge in [0.15, 0.2) is 0 Å². The quantitative estimate of drug-likeness (QED) is 0.584. The number of anilines is 1. The van der Waals surface area contributed by atoms with Crippen LogP contribution in [0.25, 0.3) is 0 Å². The van der Waals surface area contributed by atoms with Crippen molar-refractivity contribution in [3.8, 4) is 0 Å². The van der Waals surface area contributed by atoms with Crippen molar-refractivity contribution >= 4 is 23.4 Å². The van der Waals surface area contributed by atoms with Crippen molar-refractivity contribution in [3.05, 3.63) is 29.1 Å². The van der Waals surface area contributed by atoms with Crippen LogP contribution in [-0.2, 0) is 16.1 Å². The molecule has 0 unspecified atom stereocenters. The lowest BCUT2D eigenvalue weighted by atomic mass is 9.89. The highest BCUT2D eigenvalue weighted by atomic mass is 19.1. The molecular formula is C14H14FN3O3. The van der Waals surface area contributed by atoms with Crippen molar-refractivity contribution in [2.75, 3.05) is 5.73 Å². The fraction of sp³-hybridized carbons (Fsp3) is 0.357. The molecule has 2 heterocycles. The van der Waals surface area contributed by atoms with Gasteiger partial charge in [-0.1, -0.05) is 0 Å². The molecule has 2 aliphatic heterocycles. The maximum Gasteiger partial charge on any atom is 0.255 e. The lowest BCUT2D eigenvalue weighted by molar-refractivity contribution is -0.142. The molecule has 0 spiro atoms. The number of carbonyl (C=O) groups excluding carboxylic acids is 3. The van der Waals surface area contributed by atoms with E-state index >= 15 is 0 Å². The number of hydrogen-bond donors (Lipinski definition) is 2. The van der Waals surface area contributed by atoms with Gasteiger partial charge in [-0.25, -0.2) is 4.39 Å². The summed E-state index contributed by atoms with van der Waals surface area (Å²) < 4.78 is 13.4. The van der Waals surface area contributed by atoms with Crippen molar-refractivity contribution in [1.29, 1.82) is 0 Å². The summed E-state index contributed by atoms with van der Waals surface area (Å²) in [5.74, 6) is -1.90. The largest absolute Gasteiger partial charge is 0.398 e. The second-order valence-corrected chi connectivity index (χ2v) is 5.56. The molecule has 21 heavy (non-hydrogen) atoms. The zero-order valence-corrected chi connectivity index (χ0v) is 11.4. The highest BCUT2D eigenvalue weighted by molar-refractivity contribution is 6.07. The summed E-state index contributed by atoms with van der Waals surface area (Å²) in [5, 5.41) is 2.24. The van der Waals surface area contributed by atoms with E-state index in [0.717, 1.165) is 12.1 Å². The van der Waals surface area contributed by atoms with Crippen LogP contribution in [0.15, 0.2) is 12.1 Å². The van der Waals surface area contributed by atoms with E-state index in [0.29, 0.717) is 5.56 Å². The van der Waals surface area contributed by atoms with Gasteiger partial charge >= 0.3 is 0 Å². The molecule has 1 fully saturated rings. The van der Waals surface area contributed by atoms with Gasteiger partial charge in [-0.15, -0.1) is 0 Å². The molecule has 1 aromatic carbocycles. The number of nitrogens with zero attached hydrogens (tertiary/aromatic N) is 1. The average molecular weight is 291 g/mol. The average Bonchev–Trinajstić information content (AvgIpc) is 2.73. The number of amides is 3. The fourth-order valence-corrected chi connectivity index (χ4v) is 2.85. The smallest absolute Gasteiger partial charge is 0.255 e. The predicted octanol–water partition coefficient (Wildman–Crippen LogP) is 0.559. The Bertz CT molecular complexity index is 688. The number of rotatable bonds is 1. The van der Waals surface area contributed by atoms with Gasteiger partial charge in [-0.05, 0) is 25.5 Å². The van der Waals surface area contributed by atoms with E-state index in [9.17, 15) is 18.8 Å². The van der Waals surface area contributed by atoms with Crippen LogP contribution in [0.5, 0.6) is 0 Å². The van der Waals surface area contributed by atoms with Gasteiger partial charge in [0.05, 0.1) is 0 Å². The lowest BCUT2D eigenvalue weighted by Gasteiger charge is -2.39. The molecule has 110 valence electrons. The SMILES string of the molecule is C[C@]1(N2Cc3c(N)cc(F)cc3C2=O)CCC(=O)NC1=O. The zero-order chi connectivity index (χ0) is 15.4. The van der Waals surface area contributed by atoms with Crippen LogP contribution in [0.2, 0.25) is 0 Å². The number of halogens is 1. The Morgan fingerprint density at radius 1 is 1.33 bits per heavy atom. The Labute approximate surface area is 120 Å². The summed E-state index contributed by atoms with van der Waals surface area (Å²) in [5.41, 5.74) is 5.51. The lowest BCUT2D eigenvalue weighted by Crippen LogP contribution is -2.61. The van der Waals surface area contributed by atoms with Crippen molar-refractivity contribution in [1.82, 2.24) is 10.2 Å². The van der Waals surface area contributed by atoms with Crippen LogP contribution in [0.4, 0.5) is 10.1 Å². The number of imide groups is 1. The molecule has 2 aliphatic rings. The van der Waals surface area contributed by atoms with Gasteiger partial charge in [0.1, 0.15) is 11.4 Å². The molecule has 0 aromatic heterocycles. The van der Waals surface area contributed by atoms with Gasteiger partial charge in [0.25, 0.3) is 11.8 Å². The summed E-state index contributed by atoms with van der Waals surface area (Å²) in [6.07, 6.45) is 0.395. The number of hydrogen-bond acceptors (Lipinski definition) is 4. The molecule has 1 aromatic rings. The van der Waals surface area contributed by atoms with Crippen LogP contribution in [-0.4, -0.2) is 28.2 Å². The van der Waals surface area contributed by atoms with Crippen molar-refractivity contribution in [3.63, 3.8) is 0 Å². The van der Waals surface area contributed by atoms with Crippen LogP contribution in [0, 0.1) is 5.82 Å². The topological polar surface area (TPSA) is 92.5 Å². The Hall–Kier alpha value is -2.44. The second kappa shape index (κ2) is 4.28. The number of carbonyl (C=O) groups is 3. The molecule has 6 nitrogen and oxygen atoms in total. The number of nitrogen functional groups attached to an aromatic ring is 1. The minimum absolute atomic E-state index is 0.137. The van der Waals surface area contributed by atoms with Crippen LogP contribution in [0.1, 0.15) is 35.7 Å². The molecule has 0 saturated carbocycles. The molecule has 3 N–H and O–H groups in total. The van der Waals surface area contributed by atoms with Crippen LogP contribution < -0.4 is 11.1 Å². The van der Waals surface area contributed by atoms with Gasteiger partial charge in [0.2, 0.25) is 5.91 Å². The predicted molar refractivity (Wildman–Crippen MR) is 71.5 cm³/mol. The third kappa shape index (κ3) is 1.88. The van der Waals surface area contributed by atoms with Crippen LogP contribution in [0.3, 0.4) is 0 Å². The third-order valence-electron chi connectivity index (χ3n) is 4.22. The van der Waals surface area contributed by atoms with Gasteiger partial charge < -0.3 is 10.6 Å². The third-order valence-corrected chi connectivity index (χ3v) is 4.22. The Balaban J connectivity index is 2.00. The van der Waals surface area contributed by atoms with E-state index < -0.39 is 23.2 Å². The molecule has 0 bridgehead atoms. The Morgan fingerprint density at radius 3 is 2.71 bits per heavy atom. The van der Waals surface area contributed by atoms with Crippen molar-refractivity contribution < 1.29 is 18.8 Å². The van der Waals surface area contributed by atoms with Crippen molar-refractivity contribution in [2.24, 2.45) is 0 Å². The maximum atomic E-state index is 13.4. The van der Waals surface area contributed by atoms with Gasteiger partial charge in [-0.3, -0.25) is 19.7 Å². The summed E-state index contributed by atoms with van der Waals surface area (Å²) in [6, 6.07) is 2.28. The number of nitrogens with two attached hydrogens (primary N) is 1. The Kier molecular flexibility index (Phi) is 2.76. The van der Waals surface area contributed by atoms with E-state index in [1.165, 1.54) is 4.90 Å². The highest BCUT2D eigenvalue weighted by Crippen LogP contribution is 2.36. The maximum absolute atomic E-state index is 13.4. The monoisotopic (exact) mass is 291 g/mol. The van der Waals surface area contributed by atoms with E-state index in [4.69, 9.17) is 5.73 Å². The van der Waals surface area contributed by atoms with E-state index in [2.05, 4.69) is 5.32 Å². The number of benzene rings is 1. The molecule has 3 amide bonds. The van der Waals surface area contributed by atoms with Gasteiger partial charge in [-0.2, -0.15) is 0 Å². The fourth-order valence-electron chi connectivity index (χ4n) is 2.85. The number of nitrogens with one attached hydrogen (secondary N) is 1. The molecular weight excluding hydrogens is 277 g/mol. The van der Waals surface area contributed by atoms with Crippen molar-refractivity contribution in [2.45, 2.75) is 31.8 Å². The first kappa shape index (κ1) is 13.5. The minimum atomic E-state index is -1.13. The van der Waals surface area contributed by atoms with Crippen LogP contribution >= 0.6 is 0 Å².